The number of aromatic nitrogens is 3. The van der Waals surface area contributed by atoms with E-state index in [0.29, 0.717) is 25.6 Å². The molecule has 6 heteroatoms. The highest BCUT2D eigenvalue weighted by Crippen LogP contribution is 2.04. The van der Waals surface area contributed by atoms with Crippen molar-refractivity contribution in [2.75, 3.05) is 32.7 Å². The molecule has 0 aliphatic carbocycles. The lowest BCUT2D eigenvalue weighted by Gasteiger charge is -2.04. The minimum absolute atomic E-state index is 0.496. The molecular weight excluding hydrogens is 196 g/mol. The predicted molar refractivity (Wildman–Crippen MR) is 56.5 cm³/mol. The molecule has 0 aromatic carbocycles. The van der Waals surface area contributed by atoms with Gasteiger partial charge in [-0.1, -0.05) is 5.21 Å². The van der Waals surface area contributed by atoms with Gasteiger partial charge in [0, 0.05) is 20.3 Å². The number of hydrogen-bond acceptors (Lipinski definition) is 5. The van der Waals surface area contributed by atoms with Crippen molar-refractivity contribution in [3.8, 4) is 0 Å². The standard InChI is InChI=1S/C9H18N4O2/c1-8-9(10)11-12-13(8)4-3-5-15-7-6-14-2/h3-7,10H2,1-2H3. The molecule has 0 atom stereocenters. The number of rotatable bonds is 7. The Balaban J connectivity index is 2.12. The summed E-state index contributed by atoms with van der Waals surface area (Å²) in [6.45, 7) is 4.65. The highest BCUT2D eigenvalue weighted by molar-refractivity contribution is 5.31. The highest BCUT2D eigenvalue weighted by atomic mass is 16.5. The van der Waals surface area contributed by atoms with Crippen molar-refractivity contribution in [2.24, 2.45) is 0 Å². The highest BCUT2D eigenvalue weighted by Gasteiger charge is 2.03. The Hall–Kier alpha value is -1.14. The molecule has 0 aliphatic rings. The maximum Gasteiger partial charge on any atom is 0.168 e. The normalized spacial score (nSPS) is 10.8. The molecule has 1 aromatic heterocycles. The van der Waals surface area contributed by atoms with Crippen LogP contribution in [0.1, 0.15) is 12.1 Å². The summed E-state index contributed by atoms with van der Waals surface area (Å²) in [6, 6.07) is 0. The quantitative estimate of drug-likeness (QED) is 0.657. The average Bonchev–Trinajstić information content (AvgIpc) is 2.54. The Morgan fingerprint density at radius 3 is 2.73 bits per heavy atom. The lowest BCUT2D eigenvalue weighted by atomic mass is 10.4. The Kier molecular flexibility index (Phi) is 5.06. The Morgan fingerprint density at radius 1 is 1.33 bits per heavy atom. The maximum atomic E-state index is 5.57. The van der Waals surface area contributed by atoms with Gasteiger partial charge in [-0.15, -0.1) is 5.10 Å². The zero-order valence-corrected chi connectivity index (χ0v) is 9.27. The van der Waals surface area contributed by atoms with Gasteiger partial charge in [0.1, 0.15) is 0 Å². The molecule has 86 valence electrons. The van der Waals surface area contributed by atoms with Gasteiger partial charge < -0.3 is 15.2 Å². The third kappa shape index (κ3) is 3.85. The molecule has 0 spiro atoms. The van der Waals surface area contributed by atoms with Crippen LogP contribution in [-0.2, 0) is 16.0 Å². The summed E-state index contributed by atoms with van der Waals surface area (Å²) in [5.74, 6) is 0.496. The summed E-state index contributed by atoms with van der Waals surface area (Å²) >= 11 is 0. The number of aryl methyl sites for hydroxylation is 1. The lowest BCUT2D eigenvalue weighted by Crippen LogP contribution is -2.08. The average molecular weight is 214 g/mol. The molecule has 2 N–H and O–H groups in total. The number of nitrogens with zero attached hydrogens (tertiary/aromatic N) is 3. The van der Waals surface area contributed by atoms with Crippen LogP contribution < -0.4 is 5.73 Å². The fraction of sp³-hybridized carbons (Fsp3) is 0.778. The summed E-state index contributed by atoms with van der Waals surface area (Å²) in [5.41, 5.74) is 6.48. The van der Waals surface area contributed by atoms with Gasteiger partial charge >= 0.3 is 0 Å². The summed E-state index contributed by atoms with van der Waals surface area (Å²) in [7, 11) is 1.66. The predicted octanol–water partition coefficient (Wildman–Crippen LogP) is 0.222. The van der Waals surface area contributed by atoms with Gasteiger partial charge in [-0.3, -0.25) is 0 Å². The zero-order chi connectivity index (χ0) is 11.1. The lowest BCUT2D eigenvalue weighted by molar-refractivity contribution is 0.0676. The molecule has 0 saturated heterocycles. The van der Waals surface area contributed by atoms with Crippen LogP contribution >= 0.6 is 0 Å². The van der Waals surface area contributed by atoms with Crippen molar-refractivity contribution in [2.45, 2.75) is 19.9 Å². The third-order valence-electron chi connectivity index (χ3n) is 2.11. The van der Waals surface area contributed by atoms with Crippen LogP contribution in [0.3, 0.4) is 0 Å². The van der Waals surface area contributed by atoms with Crippen LogP contribution in [-0.4, -0.2) is 41.9 Å². The van der Waals surface area contributed by atoms with Gasteiger partial charge in [-0.25, -0.2) is 4.68 Å². The van der Waals surface area contributed by atoms with Gasteiger partial charge in [-0.2, -0.15) is 0 Å². The van der Waals surface area contributed by atoms with Crippen molar-refractivity contribution in [1.82, 2.24) is 15.0 Å². The van der Waals surface area contributed by atoms with E-state index >= 15 is 0 Å². The van der Waals surface area contributed by atoms with E-state index in [0.717, 1.165) is 18.7 Å². The van der Waals surface area contributed by atoms with Gasteiger partial charge in [0.15, 0.2) is 5.82 Å². The van der Waals surface area contributed by atoms with Gasteiger partial charge in [0.05, 0.1) is 18.9 Å². The molecule has 1 aromatic rings. The topological polar surface area (TPSA) is 75.2 Å². The number of ether oxygens (including phenoxy) is 2. The van der Waals surface area contributed by atoms with Crippen LogP contribution in [0.2, 0.25) is 0 Å². The monoisotopic (exact) mass is 214 g/mol. The minimum Gasteiger partial charge on any atom is -0.382 e. The van der Waals surface area contributed by atoms with Crippen molar-refractivity contribution >= 4 is 5.82 Å². The summed E-state index contributed by atoms with van der Waals surface area (Å²) in [5, 5.41) is 7.69. The second-order valence-corrected chi connectivity index (χ2v) is 3.24. The number of anilines is 1. The van der Waals surface area contributed by atoms with Crippen LogP contribution in [0.15, 0.2) is 0 Å². The van der Waals surface area contributed by atoms with Crippen LogP contribution in [0.25, 0.3) is 0 Å². The molecule has 0 saturated carbocycles. The number of hydrogen-bond donors (Lipinski definition) is 1. The van der Waals surface area contributed by atoms with Gasteiger partial charge in [0.2, 0.25) is 0 Å². The minimum atomic E-state index is 0.496. The fourth-order valence-electron chi connectivity index (χ4n) is 1.15. The van der Waals surface area contributed by atoms with E-state index in [9.17, 15) is 0 Å². The third-order valence-corrected chi connectivity index (χ3v) is 2.11. The first-order valence-electron chi connectivity index (χ1n) is 4.98. The molecular formula is C9H18N4O2. The first kappa shape index (κ1) is 11.9. The summed E-state index contributed by atoms with van der Waals surface area (Å²) < 4.78 is 12.0. The Labute approximate surface area is 89.3 Å². The molecule has 6 nitrogen and oxygen atoms in total. The fourth-order valence-corrected chi connectivity index (χ4v) is 1.15. The van der Waals surface area contributed by atoms with Crippen molar-refractivity contribution in [1.29, 1.82) is 0 Å². The molecule has 1 rings (SSSR count). The van der Waals surface area contributed by atoms with Crippen LogP contribution in [0.5, 0.6) is 0 Å². The SMILES string of the molecule is COCCOCCCn1nnc(N)c1C. The summed E-state index contributed by atoms with van der Waals surface area (Å²) in [6.07, 6.45) is 0.896. The van der Waals surface area contributed by atoms with E-state index < -0.39 is 0 Å². The van der Waals surface area contributed by atoms with E-state index in [1.165, 1.54) is 0 Å². The van der Waals surface area contributed by atoms with E-state index in [1.54, 1.807) is 11.8 Å². The molecule has 1 heterocycles. The zero-order valence-electron chi connectivity index (χ0n) is 9.27. The smallest absolute Gasteiger partial charge is 0.168 e. The maximum absolute atomic E-state index is 5.57. The number of nitrogens with two attached hydrogens (primary N) is 1. The van der Waals surface area contributed by atoms with Crippen molar-refractivity contribution in [3.63, 3.8) is 0 Å². The van der Waals surface area contributed by atoms with Gasteiger partial charge in [-0.05, 0) is 13.3 Å². The van der Waals surface area contributed by atoms with Crippen LogP contribution in [0.4, 0.5) is 5.82 Å². The Bertz CT molecular complexity index is 288. The first-order chi connectivity index (χ1) is 7.25. The molecule has 0 radical (unpaired) electrons. The summed E-state index contributed by atoms with van der Waals surface area (Å²) in [4.78, 5) is 0. The second-order valence-electron chi connectivity index (χ2n) is 3.24. The molecule has 0 amide bonds. The first-order valence-corrected chi connectivity index (χ1v) is 4.98. The van der Waals surface area contributed by atoms with E-state index in [2.05, 4.69) is 10.3 Å². The van der Waals surface area contributed by atoms with Crippen molar-refractivity contribution < 1.29 is 9.47 Å². The Morgan fingerprint density at radius 2 is 2.13 bits per heavy atom. The van der Waals surface area contributed by atoms with E-state index in [1.807, 2.05) is 6.92 Å². The molecule has 0 bridgehead atoms. The van der Waals surface area contributed by atoms with Crippen LogP contribution in [0, 0.1) is 6.92 Å². The van der Waals surface area contributed by atoms with E-state index in [4.69, 9.17) is 15.2 Å². The largest absolute Gasteiger partial charge is 0.382 e. The van der Waals surface area contributed by atoms with Gasteiger partial charge in [0.25, 0.3) is 0 Å². The molecule has 0 aliphatic heterocycles. The molecule has 0 fully saturated rings. The molecule has 15 heavy (non-hydrogen) atoms. The van der Waals surface area contributed by atoms with E-state index in [-0.39, 0.29) is 0 Å². The van der Waals surface area contributed by atoms with Crippen molar-refractivity contribution in [3.05, 3.63) is 5.69 Å². The molecule has 0 unspecified atom stereocenters. The number of methoxy groups -OCH3 is 1. The second kappa shape index (κ2) is 6.36. The number of nitrogen functional groups attached to an aromatic ring is 1.